The van der Waals surface area contributed by atoms with E-state index >= 15 is 0 Å². The minimum Gasteiger partial charge on any atom is -0.242 e. The molecule has 0 bridgehead atoms. The third-order valence-corrected chi connectivity index (χ3v) is 5.62. The Hall–Kier alpha value is -0.180. The first-order valence-electron chi connectivity index (χ1n) is 4.93. The van der Waals surface area contributed by atoms with Gasteiger partial charge in [-0.25, -0.2) is 18.1 Å². The van der Waals surface area contributed by atoms with Gasteiger partial charge in [0.2, 0.25) is 10.0 Å². The molecule has 9 heteroatoms. The van der Waals surface area contributed by atoms with Crippen LogP contribution in [0.1, 0.15) is 4.88 Å². The molecule has 0 aromatic carbocycles. The Morgan fingerprint density at radius 1 is 1.37 bits per heavy atom. The van der Waals surface area contributed by atoms with Gasteiger partial charge in [-0.3, -0.25) is 0 Å². The van der Waals surface area contributed by atoms with Gasteiger partial charge in [0.1, 0.15) is 10.0 Å². The van der Waals surface area contributed by atoms with Crippen LogP contribution in [0.25, 0.3) is 0 Å². The van der Waals surface area contributed by atoms with Crippen LogP contribution >= 0.6 is 50.5 Å². The first-order chi connectivity index (χ1) is 8.88. The molecule has 0 saturated heterocycles. The lowest BCUT2D eigenvalue weighted by Gasteiger charge is -2.07. The molecule has 0 amide bonds. The molecular weight excluding hydrogens is 395 g/mol. The standard InChI is InChI=1S/C10H7BrCl2N2O2S2/c11-6-3-8(10(13)14-4-6)19(16,17)15-5-7-1-2-9(12)18-7/h1-4,15H,5H2. The molecule has 0 atom stereocenters. The smallest absolute Gasteiger partial charge is 0.242 e. The Bertz CT molecular complexity index is 703. The summed E-state index contributed by atoms with van der Waals surface area (Å²) in [6.07, 6.45) is 1.43. The number of rotatable bonds is 4. The normalized spacial score (nSPS) is 11.7. The van der Waals surface area contributed by atoms with Gasteiger partial charge >= 0.3 is 0 Å². The molecule has 0 aliphatic carbocycles. The van der Waals surface area contributed by atoms with E-state index in [1.807, 2.05) is 0 Å². The van der Waals surface area contributed by atoms with E-state index in [1.165, 1.54) is 23.6 Å². The highest BCUT2D eigenvalue weighted by Gasteiger charge is 2.19. The van der Waals surface area contributed by atoms with Crippen LogP contribution in [0.4, 0.5) is 0 Å². The number of aromatic nitrogens is 1. The monoisotopic (exact) mass is 400 g/mol. The third-order valence-electron chi connectivity index (χ3n) is 2.13. The highest BCUT2D eigenvalue weighted by Crippen LogP contribution is 2.24. The maximum atomic E-state index is 12.1. The van der Waals surface area contributed by atoms with Gasteiger partial charge in [-0.1, -0.05) is 23.2 Å². The fourth-order valence-electron chi connectivity index (χ4n) is 1.28. The van der Waals surface area contributed by atoms with Gasteiger partial charge in [0.25, 0.3) is 0 Å². The summed E-state index contributed by atoms with van der Waals surface area (Å²) in [7, 11) is -3.71. The van der Waals surface area contributed by atoms with Crippen molar-refractivity contribution in [2.24, 2.45) is 0 Å². The molecule has 4 nitrogen and oxygen atoms in total. The zero-order valence-corrected chi connectivity index (χ0v) is 14.0. The molecule has 1 N–H and O–H groups in total. The van der Waals surface area contributed by atoms with Crippen LogP contribution in [0, 0.1) is 0 Å². The predicted molar refractivity (Wildman–Crippen MR) is 80.3 cm³/mol. The molecule has 0 fully saturated rings. The molecular formula is C10H7BrCl2N2O2S2. The summed E-state index contributed by atoms with van der Waals surface area (Å²) in [6.45, 7) is 0.155. The molecule has 0 aliphatic rings. The van der Waals surface area contributed by atoms with E-state index in [4.69, 9.17) is 23.2 Å². The Morgan fingerprint density at radius 3 is 2.74 bits per heavy atom. The molecule has 0 saturated carbocycles. The van der Waals surface area contributed by atoms with Crippen LogP contribution in [0.2, 0.25) is 9.49 Å². The van der Waals surface area contributed by atoms with E-state index in [-0.39, 0.29) is 16.6 Å². The van der Waals surface area contributed by atoms with Crippen LogP contribution in [-0.4, -0.2) is 13.4 Å². The SMILES string of the molecule is O=S(=O)(NCc1ccc(Cl)s1)c1cc(Br)cnc1Cl. The Labute approximate surface area is 132 Å². The van der Waals surface area contributed by atoms with Crippen molar-refractivity contribution in [2.75, 3.05) is 0 Å². The van der Waals surface area contributed by atoms with Crippen molar-refractivity contribution < 1.29 is 8.42 Å². The molecule has 0 spiro atoms. The van der Waals surface area contributed by atoms with Crippen molar-refractivity contribution in [2.45, 2.75) is 11.4 Å². The van der Waals surface area contributed by atoms with E-state index < -0.39 is 10.0 Å². The topological polar surface area (TPSA) is 59.1 Å². The van der Waals surface area contributed by atoms with Gasteiger partial charge in [-0.15, -0.1) is 11.3 Å². The highest BCUT2D eigenvalue weighted by molar-refractivity contribution is 9.10. The van der Waals surface area contributed by atoms with Crippen LogP contribution < -0.4 is 4.72 Å². The van der Waals surface area contributed by atoms with Gasteiger partial charge in [0.15, 0.2) is 0 Å². The summed E-state index contributed by atoms with van der Waals surface area (Å²) in [5, 5.41) is -0.0695. The summed E-state index contributed by atoms with van der Waals surface area (Å²) in [6, 6.07) is 4.87. The van der Waals surface area contributed by atoms with Crippen LogP contribution in [0.15, 0.2) is 33.8 Å². The van der Waals surface area contributed by atoms with Gasteiger partial charge in [0, 0.05) is 22.1 Å². The molecule has 2 rings (SSSR count). The van der Waals surface area contributed by atoms with E-state index in [2.05, 4.69) is 25.6 Å². The van der Waals surface area contributed by atoms with E-state index in [1.54, 1.807) is 12.1 Å². The zero-order chi connectivity index (χ0) is 14.0. The number of thiophene rings is 1. The molecule has 102 valence electrons. The number of sulfonamides is 1. The van der Waals surface area contributed by atoms with Crippen molar-refractivity contribution in [1.29, 1.82) is 0 Å². The second-order valence-corrected chi connectivity index (χ2v) is 8.28. The predicted octanol–water partition coefficient (Wildman–Crippen LogP) is 3.69. The molecule has 2 aromatic rings. The minimum absolute atomic E-state index is 0.0637. The lowest BCUT2D eigenvalue weighted by atomic mass is 10.5. The number of hydrogen-bond donors (Lipinski definition) is 1. The number of pyridine rings is 1. The van der Waals surface area contributed by atoms with Crippen LogP contribution in [-0.2, 0) is 16.6 Å². The Morgan fingerprint density at radius 2 is 2.11 bits per heavy atom. The van der Waals surface area contributed by atoms with Crippen LogP contribution in [0.5, 0.6) is 0 Å². The minimum atomic E-state index is -3.71. The maximum Gasteiger partial charge on any atom is 0.244 e. The summed E-state index contributed by atoms with van der Waals surface area (Å²) in [5.41, 5.74) is 0. The highest BCUT2D eigenvalue weighted by atomic mass is 79.9. The Kier molecular flexibility index (Phi) is 4.86. The van der Waals surface area contributed by atoms with Gasteiger partial charge in [-0.2, -0.15) is 0 Å². The van der Waals surface area contributed by atoms with E-state index in [0.29, 0.717) is 8.81 Å². The summed E-state index contributed by atoms with van der Waals surface area (Å²) < 4.78 is 27.8. The average molecular weight is 402 g/mol. The van der Waals surface area contributed by atoms with E-state index in [9.17, 15) is 8.42 Å². The summed E-state index contributed by atoms with van der Waals surface area (Å²) >= 11 is 16.0. The number of nitrogens with one attached hydrogen (secondary N) is 1. The Balaban J connectivity index is 2.20. The molecule has 0 unspecified atom stereocenters. The maximum absolute atomic E-state index is 12.1. The third kappa shape index (κ3) is 3.90. The summed E-state index contributed by atoms with van der Waals surface area (Å²) in [5.74, 6) is 0. The number of halogens is 3. The zero-order valence-electron chi connectivity index (χ0n) is 9.23. The van der Waals surface area contributed by atoms with Crippen molar-refractivity contribution in [3.05, 3.63) is 43.2 Å². The second kappa shape index (κ2) is 6.07. The molecule has 19 heavy (non-hydrogen) atoms. The summed E-state index contributed by atoms with van der Waals surface area (Å²) in [4.78, 5) is 4.53. The first kappa shape index (κ1) is 15.2. The number of nitrogens with zero attached hydrogens (tertiary/aromatic N) is 1. The molecule has 0 aliphatic heterocycles. The van der Waals surface area contributed by atoms with Crippen molar-refractivity contribution >= 4 is 60.5 Å². The van der Waals surface area contributed by atoms with Gasteiger partial charge < -0.3 is 0 Å². The molecule has 2 aromatic heterocycles. The van der Waals surface area contributed by atoms with E-state index in [0.717, 1.165) is 4.88 Å². The second-order valence-electron chi connectivity index (χ2n) is 3.47. The largest absolute Gasteiger partial charge is 0.244 e. The number of hydrogen-bond acceptors (Lipinski definition) is 4. The van der Waals surface area contributed by atoms with Gasteiger partial charge in [-0.05, 0) is 34.1 Å². The van der Waals surface area contributed by atoms with Crippen molar-refractivity contribution in [1.82, 2.24) is 9.71 Å². The van der Waals surface area contributed by atoms with Crippen molar-refractivity contribution in [3.8, 4) is 0 Å². The fraction of sp³-hybridized carbons (Fsp3) is 0.100. The molecule has 2 heterocycles. The quantitative estimate of drug-likeness (QED) is 0.794. The lowest BCUT2D eigenvalue weighted by molar-refractivity contribution is 0.581. The van der Waals surface area contributed by atoms with Crippen LogP contribution in [0.3, 0.4) is 0 Å². The fourth-order valence-corrected chi connectivity index (χ4v) is 4.35. The van der Waals surface area contributed by atoms with Crippen molar-refractivity contribution in [3.63, 3.8) is 0 Å². The first-order valence-corrected chi connectivity index (χ1v) is 8.78. The average Bonchev–Trinajstić information content (AvgIpc) is 2.76. The lowest BCUT2D eigenvalue weighted by Crippen LogP contribution is -2.23. The molecule has 0 radical (unpaired) electrons. The van der Waals surface area contributed by atoms with Gasteiger partial charge in [0.05, 0.1) is 4.34 Å².